The zero-order valence-electron chi connectivity index (χ0n) is 9.29. The molecule has 2 aliphatic carbocycles. The largest absolute Gasteiger partial charge is 0.388 e. The summed E-state index contributed by atoms with van der Waals surface area (Å²) in [6.45, 7) is 2.15. The second-order valence-corrected chi connectivity index (χ2v) is 5.11. The highest BCUT2D eigenvalue weighted by Gasteiger charge is 2.31. The number of hydrogen-bond donors (Lipinski definition) is 1. The van der Waals surface area contributed by atoms with E-state index in [0.717, 1.165) is 6.42 Å². The molecule has 2 unspecified atom stereocenters. The summed E-state index contributed by atoms with van der Waals surface area (Å²) in [5.41, 5.74) is 5.67. The van der Waals surface area contributed by atoms with Gasteiger partial charge in [0.25, 0.3) is 0 Å². The Hall–Kier alpha value is -0.820. The van der Waals surface area contributed by atoms with Crippen LogP contribution in [0.25, 0.3) is 0 Å². The highest BCUT2D eigenvalue weighted by molar-refractivity contribution is 5.46. The summed E-state index contributed by atoms with van der Waals surface area (Å²) in [7, 11) is 0. The van der Waals surface area contributed by atoms with Crippen LogP contribution in [0, 0.1) is 5.92 Å². The van der Waals surface area contributed by atoms with Gasteiger partial charge in [0, 0.05) is 0 Å². The van der Waals surface area contributed by atoms with E-state index in [1.165, 1.54) is 47.9 Å². The van der Waals surface area contributed by atoms with Gasteiger partial charge in [-0.15, -0.1) is 0 Å². The van der Waals surface area contributed by atoms with E-state index in [0.29, 0.717) is 5.92 Å². The van der Waals surface area contributed by atoms with Crippen molar-refractivity contribution in [2.45, 2.75) is 45.1 Å². The molecule has 0 amide bonds. The molecular weight excluding hydrogens is 184 g/mol. The average molecular weight is 202 g/mol. The first kappa shape index (κ1) is 9.41. The van der Waals surface area contributed by atoms with E-state index in [4.69, 9.17) is 0 Å². The topological polar surface area (TPSA) is 20.2 Å². The zero-order chi connectivity index (χ0) is 10.4. The van der Waals surface area contributed by atoms with E-state index in [1.54, 1.807) is 0 Å². The molecule has 0 spiro atoms. The van der Waals surface area contributed by atoms with E-state index in [-0.39, 0.29) is 6.10 Å². The lowest BCUT2D eigenvalue weighted by molar-refractivity contribution is 0.132. The van der Waals surface area contributed by atoms with Gasteiger partial charge in [0.15, 0.2) is 0 Å². The van der Waals surface area contributed by atoms with E-state index in [1.807, 2.05) is 0 Å². The summed E-state index contributed by atoms with van der Waals surface area (Å²) in [5, 5.41) is 10.2. The molecule has 1 heteroatoms. The van der Waals surface area contributed by atoms with Crippen molar-refractivity contribution in [3.05, 3.63) is 34.4 Å². The lowest BCUT2D eigenvalue weighted by atomic mass is 9.86. The Kier molecular flexibility index (Phi) is 2.10. The molecule has 15 heavy (non-hydrogen) atoms. The third-order valence-corrected chi connectivity index (χ3v) is 4.04. The number of benzene rings is 1. The first-order valence-corrected chi connectivity index (χ1v) is 6.09. The van der Waals surface area contributed by atoms with Crippen LogP contribution >= 0.6 is 0 Å². The van der Waals surface area contributed by atoms with Crippen LogP contribution in [0.3, 0.4) is 0 Å². The maximum atomic E-state index is 10.2. The third-order valence-electron chi connectivity index (χ3n) is 4.04. The average Bonchev–Trinajstić information content (AvgIpc) is 2.55. The summed E-state index contributed by atoms with van der Waals surface area (Å²) >= 11 is 0. The molecule has 0 aliphatic heterocycles. The molecule has 1 aromatic rings. The summed E-state index contributed by atoms with van der Waals surface area (Å²) in [6, 6.07) is 4.53. The smallest absolute Gasteiger partial charge is 0.0824 e. The predicted molar refractivity (Wildman–Crippen MR) is 60.9 cm³/mol. The Labute approximate surface area is 91.1 Å². The summed E-state index contributed by atoms with van der Waals surface area (Å²) < 4.78 is 0. The van der Waals surface area contributed by atoms with E-state index >= 15 is 0 Å². The van der Waals surface area contributed by atoms with Crippen LogP contribution in [0.2, 0.25) is 0 Å². The summed E-state index contributed by atoms with van der Waals surface area (Å²) in [5.74, 6) is 0.411. The van der Waals surface area contributed by atoms with Crippen molar-refractivity contribution in [2.75, 3.05) is 0 Å². The van der Waals surface area contributed by atoms with Crippen LogP contribution in [0.1, 0.15) is 48.1 Å². The molecule has 3 rings (SSSR count). The molecule has 2 atom stereocenters. The molecule has 0 saturated carbocycles. The van der Waals surface area contributed by atoms with Gasteiger partial charge in [-0.25, -0.2) is 0 Å². The molecule has 1 aromatic carbocycles. The van der Waals surface area contributed by atoms with Gasteiger partial charge in [0.2, 0.25) is 0 Å². The van der Waals surface area contributed by atoms with Gasteiger partial charge in [0.1, 0.15) is 0 Å². The highest BCUT2D eigenvalue weighted by atomic mass is 16.3. The number of rotatable bonds is 0. The molecule has 0 saturated heterocycles. The van der Waals surface area contributed by atoms with Gasteiger partial charge in [-0.05, 0) is 60.3 Å². The van der Waals surface area contributed by atoms with Gasteiger partial charge >= 0.3 is 0 Å². The van der Waals surface area contributed by atoms with Gasteiger partial charge in [-0.2, -0.15) is 0 Å². The van der Waals surface area contributed by atoms with Crippen molar-refractivity contribution in [3.8, 4) is 0 Å². The van der Waals surface area contributed by atoms with Gasteiger partial charge in [0.05, 0.1) is 6.10 Å². The molecule has 0 bridgehead atoms. The second kappa shape index (κ2) is 3.34. The lowest BCUT2D eigenvalue weighted by Crippen LogP contribution is -2.09. The molecule has 0 radical (unpaired) electrons. The van der Waals surface area contributed by atoms with Crippen LogP contribution in [-0.2, 0) is 19.3 Å². The Morgan fingerprint density at radius 1 is 1.13 bits per heavy atom. The first-order chi connectivity index (χ1) is 7.27. The van der Waals surface area contributed by atoms with Gasteiger partial charge in [-0.3, -0.25) is 0 Å². The minimum absolute atomic E-state index is 0.201. The monoisotopic (exact) mass is 202 g/mol. The summed E-state index contributed by atoms with van der Waals surface area (Å²) in [4.78, 5) is 0. The fourth-order valence-corrected chi connectivity index (χ4v) is 3.19. The van der Waals surface area contributed by atoms with Crippen LogP contribution < -0.4 is 0 Å². The standard InChI is InChI=1S/C14H18O/c1-9-8-11-7-6-10-4-2-3-5-12(10)13(11)14(9)15/h6-7,9,14-15H,2-5,8H2,1H3. The number of aryl methyl sites for hydroxylation is 1. The van der Waals surface area contributed by atoms with Gasteiger partial charge < -0.3 is 5.11 Å². The number of fused-ring (bicyclic) bond motifs is 3. The molecule has 1 nitrogen and oxygen atoms in total. The third kappa shape index (κ3) is 1.33. The number of aliphatic hydroxyl groups is 1. The van der Waals surface area contributed by atoms with Crippen LogP contribution in [0.5, 0.6) is 0 Å². The Bertz CT molecular complexity index is 395. The van der Waals surface area contributed by atoms with E-state index in [9.17, 15) is 5.11 Å². The molecule has 0 heterocycles. The molecule has 0 aromatic heterocycles. The van der Waals surface area contributed by atoms with Crippen molar-refractivity contribution >= 4 is 0 Å². The van der Waals surface area contributed by atoms with Gasteiger partial charge in [-0.1, -0.05) is 19.1 Å². The van der Waals surface area contributed by atoms with Crippen LogP contribution in [0.4, 0.5) is 0 Å². The minimum Gasteiger partial charge on any atom is -0.388 e. The number of aliphatic hydroxyl groups excluding tert-OH is 1. The fraction of sp³-hybridized carbons (Fsp3) is 0.571. The summed E-state index contributed by atoms with van der Waals surface area (Å²) in [6.07, 6.45) is 5.87. The Morgan fingerprint density at radius 2 is 1.87 bits per heavy atom. The molecular formula is C14H18O. The van der Waals surface area contributed by atoms with Crippen LogP contribution in [-0.4, -0.2) is 5.11 Å². The van der Waals surface area contributed by atoms with Crippen LogP contribution in [0.15, 0.2) is 12.1 Å². The maximum Gasteiger partial charge on any atom is 0.0824 e. The minimum atomic E-state index is -0.201. The molecule has 1 N–H and O–H groups in total. The number of hydrogen-bond acceptors (Lipinski definition) is 1. The first-order valence-electron chi connectivity index (χ1n) is 6.09. The fourth-order valence-electron chi connectivity index (χ4n) is 3.19. The molecule has 2 aliphatic rings. The maximum absolute atomic E-state index is 10.2. The van der Waals surface area contributed by atoms with Crippen molar-refractivity contribution in [1.82, 2.24) is 0 Å². The second-order valence-electron chi connectivity index (χ2n) is 5.11. The molecule has 0 fully saturated rings. The SMILES string of the molecule is CC1Cc2ccc3c(c2C1O)CCCC3. The zero-order valence-corrected chi connectivity index (χ0v) is 9.29. The van der Waals surface area contributed by atoms with Crippen molar-refractivity contribution in [2.24, 2.45) is 5.92 Å². The van der Waals surface area contributed by atoms with E-state index in [2.05, 4.69) is 19.1 Å². The van der Waals surface area contributed by atoms with E-state index < -0.39 is 0 Å². The lowest BCUT2D eigenvalue weighted by Gasteiger charge is -2.21. The van der Waals surface area contributed by atoms with Crippen molar-refractivity contribution < 1.29 is 5.11 Å². The Morgan fingerprint density at radius 3 is 2.73 bits per heavy atom. The predicted octanol–water partition coefficient (Wildman–Crippen LogP) is 2.79. The van der Waals surface area contributed by atoms with Crippen molar-refractivity contribution in [1.29, 1.82) is 0 Å². The molecule has 80 valence electrons. The quantitative estimate of drug-likeness (QED) is 0.686. The normalized spacial score (nSPS) is 28.7. The highest BCUT2D eigenvalue weighted by Crippen LogP contribution is 2.41. The Balaban J connectivity index is 2.15. The van der Waals surface area contributed by atoms with Crippen molar-refractivity contribution in [3.63, 3.8) is 0 Å².